The van der Waals surface area contributed by atoms with Crippen molar-refractivity contribution in [2.45, 2.75) is 39.2 Å². The number of halogens is 1. The van der Waals surface area contributed by atoms with Crippen LogP contribution in [0, 0.1) is 11.7 Å². The van der Waals surface area contributed by atoms with Crippen molar-refractivity contribution in [2.75, 3.05) is 0 Å². The maximum absolute atomic E-state index is 12.8. The molecule has 2 N–H and O–H groups in total. The van der Waals surface area contributed by atoms with E-state index in [4.69, 9.17) is 5.11 Å². The summed E-state index contributed by atoms with van der Waals surface area (Å²) >= 11 is 0. The number of carbonyl (C=O) groups excluding carboxylic acids is 1. The van der Waals surface area contributed by atoms with E-state index in [9.17, 15) is 14.0 Å². The minimum Gasteiger partial charge on any atom is -0.480 e. The fraction of sp³-hybridized carbons (Fsp3) is 0.467. The Bertz CT molecular complexity index is 471. The third kappa shape index (κ3) is 4.64. The van der Waals surface area contributed by atoms with Gasteiger partial charge in [0.05, 0.1) is 0 Å². The first-order valence-corrected chi connectivity index (χ1v) is 6.59. The van der Waals surface area contributed by atoms with Gasteiger partial charge in [-0.1, -0.05) is 32.9 Å². The van der Waals surface area contributed by atoms with Crippen molar-refractivity contribution in [1.82, 2.24) is 5.32 Å². The Morgan fingerprint density at radius 3 is 2.20 bits per heavy atom. The van der Waals surface area contributed by atoms with Crippen LogP contribution in [0.4, 0.5) is 4.39 Å². The molecule has 0 aliphatic carbocycles. The highest BCUT2D eigenvalue weighted by molar-refractivity contribution is 5.84. The Morgan fingerprint density at radius 1 is 1.20 bits per heavy atom. The van der Waals surface area contributed by atoms with Gasteiger partial charge in [-0.3, -0.25) is 4.79 Å². The number of hydrogen-bond acceptors (Lipinski definition) is 2. The molecule has 20 heavy (non-hydrogen) atoms. The van der Waals surface area contributed by atoms with Gasteiger partial charge in [0.15, 0.2) is 0 Å². The number of amides is 1. The molecule has 2 atom stereocenters. The van der Waals surface area contributed by atoms with E-state index in [2.05, 4.69) is 5.32 Å². The van der Waals surface area contributed by atoms with Crippen LogP contribution in [0.25, 0.3) is 0 Å². The van der Waals surface area contributed by atoms with Gasteiger partial charge < -0.3 is 10.4 Å². The monoisotopic (exact) mass is 281 g/mol. The molecular weight excluding hydrogens is 261 g/mol. The van der Waals surface area contributed by atoms with E-state index in [0.717, 1.165) is 5.56 Å². The van der Waals surface area contributed by atoms with Crippen molar-refractivity contribution >= 4 is 11.9 Å². The van der Waals surface area contributed by atoms with Crippen molar-refractivity contribution < 1.29 is 19.1 Å². The largest absolute Gasteiger partial charge is 0.480 e. The van der Waals surface area contributed by atoms with Crippen LogP contribution < -0.4 is 5.32 Å². The lowest BCUT2D eigenvalue weighted by atomic mass is 9.96. The first kappa shape index (κ1) is 16.1. The van der Waals surface area contributed by atoms with Gasteiger partial charge in [0.25, 0.3) is 0 Å². The molecule has 0 bridgehead atoms. The molecule has 0 saturated heterocycles. The van der Waals surface area contributed by atoms with Crippen molar-refractivity contribution in [3.8, 4) is 0 Å². The fourth-order valence-corrected chi connectivity index (χ4v) is 1.93. The van der Waals surface area contributed by atoms with Crippen LogP contribution in [0.2, 0.25) is 0 Å². The maximum atomic E-state index is 12.8. The van der Waals surface area contributed by atoms with Gasteiger partial charge >= 0.3 is 5.97 Å². The Labute approximate surface area is 118 Å². The standard InChI is InChI=1S/C15H20FNO3/c1-9(2)14(15(19)20)17-13(18)8-10(3)11-4-6-12(16)7-5-11/h4-7,9-10,14H,8H2,1-3H3,(H,17,18)(H,19,20)/t10?,14-/m0/s1. The molecule has 0 radical (unpaired) electrons. The van der Waals surface area contributed by atoms with Crippen LogP contribution in [-0.4, -0.2) is 23.0 Å². The van der Waals surface area contributed by atoms with Crippen molar-refractivity contribution in [3.05, 3.63) is 35.6 Å². The number of carbonyl (C=O) groups is 2. The van der Waals surface area contributed by atoms with E-state index in [1.165, 1.54) is 12.1 Å². The molecule has 0 saturated carbocycles. The molecular formula is C15H20FNO3. The number of hydrogen-bond donors (Lipinski definition) is 2. The number of carboxylic acid groups (broad SMARTS) is 1. The summed E-state index contributed by atoms with van der Waals surface area (Å²) in [5.74, 6) is -1.96. The summed E-state index contributed by atoms with van der Waals surface area (Å²) in [5.41, 5.74) is 0.845. The lowest BCUT2D eigenvalue weighted by molar-refractivity contribution is -0.143. The highest BCUT2D eigenvalue weighted by atomic mass is 19.1. The van der Waals surface area contributed by atoms with Gasteiger partial charge in [0, 0.05) is 6.42 Å². The molecule has 4 nitrogen and oxygen atoms in total. The lowest BCUT2D eigenvalue weighted by Crippen LogP contribution is -2.44. The average molecular weight is 281 g/mol. The van der Waals surface area contributed by atoms with Gasteiger partial charge in [-0.15, -0.1) is 0 Å². The molecule has 110 valence electrons. The summed E-state index contributed by atoms with van der Waals surface area (Å²) in [6.45, 7) is 5.32. The Morgan fingerprint density at radius 2 is 1.75 bits per heavy atom. The number of nitrogens with one attached hydrogen (secondary N) is 1. The number of rotatable bonds is 6. The third-order valence-corrected chi connectivity index (χ3v) is 3.18. The first-order chi connectivity index (χ1) is 9.31. The molecule has 1 amide bonds. The van der Waals surface area contributed by atoms with Crippen LogP contribution in [0.3, 0.4) is 0 Å². The number of benzene rings is 1. The predicted molar refractivity (Wildman–Crippen MR) is 73.8 cm³/mol. The van der Waals surface area contributed by atoms with Crippen LogP contribution in [0.5, 0.6) is 0 Å². The molecule has 5 heteroatoms. The van der Waals surface area contributed by atoms with Gasteiger partial charge in [-0.2, -0.15) is 0 Å². The zero-order valence-electron chi connectivity index (χ0n) is 11.9. The summed E-state index contributed by atoms with van der Waals surface area (Å²) in [4.78, 5) is 22.9. The Balaban J connectivity index is 2.61. The number of carboxylic acids is 1. The van der Waals surface area contributed by atoms with Crippen LogP contribution in [0.1, 0.15) is 38.7 Å². The molecule has 1 rings (SSSR count). The third-order valence-electron chi connectivity index (χ3n) is 3.18. The molecule has 0 aliphatic heterocycles. The first-order valence-electron chi connectivity index (χ1n) is 6.59. The Hall–Kier alpha value is -1.91. The minimum atomic E-state index is -1.04. The van der Waals surface area contributed by atoms with E-state index < -0.39 is 12.0 Å². The van der Waals surface area contributed by atoms with E-state index in [0.29, 0.717) is 0 Å². The smallest absolute Gasteiger partial charge is 0.326 e. The summed E-state index contributed by atoms with van der Waals surface area (Å²) in [6, 6.07) is 5.06. The van der Waals surface area contributed by atoms with Gasteiger partial charge in [-0.25, -0.2) is 9.18 Å². The second-order valence-corrected chi connectivity index (χ2v) is 5.28. The van der Waals surface area contributed by atoms with E-state index >= 15 is 0 Å². The van der Waals surface area contributed by atoms with Gasteiger partial charge in [0.2, 0.25) is 5.91 Å². The zero-order chi connectivity index (χ0) is 15.3. The molecule has 1 aromatic carbocycles. The maximum Gasteiger partial charge on any atom is 0.326 e. The normalized spacial score (nSPS) is 13.8. The van der Waals surface area contributed by atoms with Crippen molar-refractivity contribution in [1.29, 1.82) is 0 Å². The minimum absolute atomic E-state index is 0.0998. The van der Waals surface area contributed by atoms with E-state index in [1.807, 2.05) is 6.92 Å². The Kier molecular flexibility index (Phi) is 5.67. The summed E-state index contributed by atoms with van der Waals surface area (Å²) in [7, 11) is 0. The molecule has 0 aliphatic rings. The molecule has 0 fully saturated rings. The molecule has 0 aromatic heterocycles. The molecule has 1 unspecified atom stereocenters. The van der Waals surface area contributed by atoms with Gasteiger partial charge in [0.1, 0.15) is 11.9 Å². The highest BCUT2D eigenvalue weighted by Crippen LogP contribution is 2.19. The average Bonchev–Trinajstić information content (AvgIpc) is 2.35. The summed E-state index contributed by atoms with van der Waals surface area (Å²) in [6.07, 6.45) is 0.169. The number of aliphatic carboxylic acids is 1. The van der Waals surface area contributed by atoms with Crippen LogP contribution >= 0.6 is 0 Å². The fourth-order valence-electron chi connectivity index (χ4n) is 1.93. The van der Waals surface area contributed by atoms with Crippen molar-refractivity contribution in [3.63, 3.8) is 0 Å². The molecule has 0 spiro atoms. The predicted octanol–water partition coefficient (Wildman–Crippen LogP) is 2.54. The van der Waals surface area contributed by atoms with E-state index in [1.54, 1.807) is 26.0 Å². The molecule has 1 aromatic rings. The summed E-state index contributed by atoms with van der Waals surface area (Å²) in [5, 5.41) is 11.5. The van der Waals surface area contributed by atoms with E-state index in [-0.39, 0.29) is 30.0 Å². The van der Waals surface area contributed by atoms with Crippen molar-refractivity contribution in [2.24, 2.45) is 5.92 Å². The van der Waals surface area contributed by atoms with Crippen LogP contribution in [0.15, 0.2) is 24.3 Å². The van der Waals surface area contributed by atoms with Gasteiger partial charge in [-0.05, 0) is 29.5 Å². The molecule has 0 heterocycles. The summed E-state index contributed by atoms with van der Waals surface area (Å²) < 4.78 is 12.8. The second-order valence-electron chi connectivity index (χ2n) is 5.28. The topological polar surface area (TPSA) is 66.4 Å². The lowest BCUT2D eigenvalue weighted by Gasteiger charge is -2.19. The highest BCUT2D eigenvalue weighted by Gasteiger charge is 2.24. The zero-order valence-corrected chi connectivity index (χ0v) is 11.9. The quantitative estimate of drug-likeness (QED) is 0.842. The SMILES string of the molecule is CC(CC(=O)N[C@H](C(=O)O)C(C)C)c1ccc(F)cc1. The second kappa shape index (κ2) is 7.03. The van der Waals surface area contributed by atoms with Crippen LogP contribution in [-0.2, 0) is 9.59 Å².